The first kappa shape index (κ1) is 18.5. The minimum atomic E-state index is -0.426. The molecular weight excluding hydrogens is 350 g/mol. The Bertz CT molecular complexity index is 484. The second-order valence-electron chi connectivity index (χ2n) is 6.16. The third-order valence-electron chi connectivity index (χ3n) is 2.50. The quantitative estimate of drug-likeness (QED) is 0.592. The molecule has 0 unspecified atom stereocenters. The van der Waals surface area contributed by atoms with Gasteiger partial charge in [-0.1, -0.05) is 35.8 Å². The van der Waals surface area contributed by atoms with E-state index in [-0.39, 0.29) is 5.97 Å². The number of hydrogen-bond acceptors (Lipinski definition) is 4. The SMILES string of the molecule is CC(C)NCc1ccc(SCC(=O)OC(C)(C)C)cc1Br. The number of esters is 1. The summed E-state index contributed by atoms with van der Waals surface area (Å²) in [4.78, 5) is 12.8. The smallest absolute Gasteiger partial charge is 0.316 e. The Morgan fingerprint density at radius 1 is 1.38 bits per heavy atom. The van der Waals surface area contributed by atoms with Crippen molar-refractivity contribution in [2.24, 2.45) is 0 Å². The molecule has 0 radical (unpaired) electrons. The van der Waals surface area contributed by atoms with E-state index >= 15 is 0 Å². The Hall–Kier alpha value is -0.520. The standard InChI is InChI=1S/C16H24BrNO2S/c1-11(2)18-9-12-6-7-13(8-14(12)17)21-10-15(19)20-16(3,4)5/h6-8,11,18H,9-10H2,1-5H3. The highest BCUT2D eigenvalue weighted by Crippen LogP contribution is 2.26. The summed E-state index contributed by atoms with van der Waals surface area (Å²) in [5.74, 6) is 0.141. The summed E-state index contributed by atoms with van der Waals surface area (Å²) in [6.07, 6.45) is 0. The number of carbonyl (C=O) groups excluding carboxylic acids is 1. The summed E-state index contributed by atoms with van der Waals surface area (Å²) in [6, 6.07) is 6.62. The van der Waals surface area contributed by atoms with Gasteiger partial charge in [0.15, 0.2) is 0 Å². The maximum Gasteiger partial charge on any atom is 0.316 e. The van der Waals surface area contributed by atoms with Gasteiger partial charge >= 0.3 is 5.97 Å². The van der Waals surface area contributed by atoms with Crippen LogP contribution in [-0.4, -0.2) is 23.4 Å². The number of hydrogen-bond donors (Lipinski definition) is 1. The van der Waals surface area contributed by atoms with E-state index in [1.807, 2.05) is 32.9 Å². The van der Waals surface area contributed by atoms with Gasteiger partial charge in [0, 0.05) is 22.0 Å². The second kappa shape index (κ2) is 8.20. The molecule has 0 aliphatic rings. The molecule has 3 nitrogen and oxygen atoms in total. The highest BCUT2D eigenvalue weighted by molar-refractivity contribution is 9.10. The van der Waals surface area contributed by atoms with Gasteiger partial charge in [-0.05, 0) is 38.5 Å². The summed E-state index contributed by atoms with van der Waals surface area (Å²) < 4.78 is 6.36. The van der Waals surface area contributed by atoms with Crippen molar-refractivity contribution in [1.82, 2.24) is 5.32 Å². The number of ether oxygens (including phenoxy) is 1. The minimum absolute atomic E-state index is 0.186. The van der Waals surface area contributed by atoms with Crippen molar-refractivity contribution in [3.63, 3.8) is 0 Å². The molecule has 0 saturated carbocycles. The van der Waals surface area contributed by atoms with Crippen LogP contribution in [0, 0.1) is 0 Å². The molecule has 0 bridgehead atoms. The van der Waals surface area contributed by atoms with Gasteiger partial charge in [-0.25, -0.2) is 0 Å². The van der Waals surface area contributed by atoms with Crippen LogP contribution in [0.15, 0.2) is 27.6 Å². The number of thioether (sulfide) groups is 1. The monoisotopic (exact) mass is 373 g/mol. The Morgan fingerprint density at radius 2 is 2.05 bits per heavy atom. The maximum absolute atomic E-state index is 11.7. The Kier molecular flexibility index (Phi) is 7.24. The predicted octanol–water partition coefficient (Wildman–Crippen LogP) is 4.38. The Balaban J connectivity index is 2.54. The number of rotatable bonds is 6. The molecule has 21 heavy (non-hydrogen) atoms. The molecule has 1 N–H and O–H groups in total. The lowest BCUT2D eigenvalue weighted by atomic mass is 10.2. The van der Waals surface area contributed by atoms with Gasteiger partial charge in [-0.15, -0.1) is 11.8 Å². The number of halogens is 1. The number of nitrogens with one attached hydrogen (secondary N) is 1. The summed E-state index contributed by atoms with van der Waals surface area (Å²) >= 11 is 5.08. The highest BCUT2D eigenvalue weighted by Gasteiger charge is 2.16. The topological polar surface area (TPSA) is 38.3 Å². The molecule has 0 fully saturated rings. The average molecular weight is 374 g/mol. The van der Waals surface area contributed by atoms with E-state index < -0.39 is 5.60 Å². The van der Waals surface area contributed by atoms with E-state index in [1.54, 1.807) is 0 Å². The van der Waals surface area contributed by atoms with Crippen molar-refractivity contribution in [2.45, 2.75) is 57.7 Å². The van der Waals surface area contributed by atoms with Gasteiger partial charge in [0.05, 0.1) is 5.75 Å². The molecule has 0 amide bonds. The molecule has 118 valence electrons. The molecule has 0 aromatic heterocycles. The number of carbonyl (C=O) groups is 1. The summed E-state index contributed by atoms with van der Waals surface area (Å²) in [6.45, 7) is 10.7. The van der Waals surface area contributed by atoms with E-state index in [1.165, 1.54) is 17.3 Å². The van der Waals surface area contributed by atoms with Gasteiger partial charge in [0.2, 0.25) is 0 Å². The zero-order chi connectivity index (χ0) is 16.0. The number of benzene rings is 1. The average Bonchev–Trinajstić information content (AvgIpc) is 2.33. The van der Waals surface area contributed by atoms with E-state index in [4.69, 9.17) is 4.74 Å². The van der Waals surface area contributed by atoms with Crippen molar-refractivity contribution in [3.05, 3.63) is 28.2 Å². The first-order valence-corrected chi connectivity index (χ1v) is 8.81. The minimum Gasteiger partial charge on any atom is -0.459 e. The molecule has 0 atom stereocenters. The fourth-order valence-corrected chi connectivity index (χ4v) is 2.97. The van der Waals surface area contributed by atoms with E-state index in [0.717, 1.165) is 15.9 Å². The van der Waals surface area contributed by atoms with E-state index in [0.29, 0.717) is 11.8 Å². The van der Waals surface area contributed by atoms with Crippen molar-refractivity contribution in [1.29, 1.82) is 0 Å². The molecule has 0 spiro atoms. The Morgan fingerprint density at radius 3 is 2.57 bits per heavy atom. The van der Waals surface area contributed by atoms with Crippen LogP contribution in [0.25, 0.3) is 0 Å². The van der Waals surface area contributed by atoms with Gasteiger partial charge in [-0.2, -0.15) is 0 Å². The summed E-state index contributed by atoms with van der Waals surface area (Å²) in [7, 11) is 0. The zero-order valence-electron chi connectivity index (χ0n) is 13.3. The predicted molar refractivity (Wildman–Crippen MR) is 92.7 cm³/mol. The summed E-state index contributed by atoms with van der Waals surface area (Å²) in [5, 5.41) is 3.39. The molecular formula is C16H24BrNO2S. The molecule has 1 aromatic carbocycles. The van der Waals surface area contributed by atoms with E-state index in [9.17, 15) is 4.79 Å². The molecule has 0 heterocycles. The fraction of sp³-hybridized carbons (Fsp3) is 0.562. The maximum atomic E-state index is 11.7. The molecule has 0 saturated heterocycles. The van der Waals surface area contributed by atoms with Gasteiger partial charge in [0.25, 0.3) is 0 Å². The lowest BCUT2D eigenvalue weighted by Gasteiger charge is -2.19. The second-order valence-corrected chi connectivity index (χ2v) is 8.07. The van der Waals surface area contributed by atoms with Crippen molar-refractivity contribution < 1.29 is 9.53 Å². The first-order chi connectivity index (χ1) is 9.67. The largest absolute Gasteiger partial charge is 0.459 e. The molecule has 5 heteroatoms. The molecule has 1 rings (SSSR count). The van der Waals surface area contributed by atoms with Crippen LogP contribution < -0.4 is 5.32 Å². The van der Waals surface area contributed by atoms with E-state index in [2.05, 4.69) is 41.2 Å². The van der Waals surface area contributed by atoms with Crippen molar-refractivity contribution in [2.75, 3.05) is 5.75 Å². The zero-order valence-corrected chi connectivity index (χ0v) is 15.7. The van der Waals surface area contributed by atoms with Crippen LogP contribution in [-0.2, 0) is 16.1 Å². The Labute approximate surface area is 140 Å². The summed E-state index contributed by atoms with van der Waals surface area (Å²) in [5.41, 5.74) is 0.787. The molecule has 0 aliphatic carbocycles. The fourth-order valence-electron chi connectivity index (χ4n) is 1.59. The van der Waals surface area contributed by atoms with Crippen LogP contribution in [0.2, 0.25) is 0 Å². The van der Waals surface area contributed by atoms with Crippen LogP contribution in [0.5, 0.6) is 0 Å². The lowest BCUT2D eigenvalue weighted by Crippen LogP contribution is -2.24. The lowest BCUT2D eigenvalue weighted by molar-refractivity contribution is -0.151. The van der Waals surface area contributed by atoms with Crippen LogP contribution in [0.1, 0.15) is 40.2 Å². The van der Waals surface area contributed by atoms with Crippen molar-refractivity contribution in [3.8, 4) is 0 Å². The first-order valence-electron chi connectivity index (χ1n) is 7.04. The van der Waals surface area contributed by atoms with Crippen molar-refractivity contribution >= 4 is 33.7 Å². The van der Waals surface area contributed by atoms with Crippen LogP contribution in [0.4, 0.5) is 0 Å². The highest BCUT2D eigenvalue weighted by atomic mass is 79.9. The van der Waals surface area contributed by atoms with Gasteiger partial charge in [-0.3, -0.25) is 4.79 Å². The van der Waals surface area contributed by atoms with Gasteiger partial charge in [0.1, 0.15) is 5.60 Å². The third kappa shape index (κ3) is 7.88. The molecule has 1 aromatic rings. The van der Waals surface area contributed by atoms with Crippen LogP contribution in [0.3, 0.4) is 0 Å². The van der Waals surface area contributed by atoms with Gasteiger partial charge < -0.3 is 10.1 Å². The van der Waals surface area contributed by atoms with Crippen LogP contribution >= 0.6 is 27.7 Å². The normalized spacial score (nSPS) is 11.8. The molecule has 0 aliphatic heterocycles. The third-order valence-corrected chi connectivity index (χ3v) is 4.21.